The minimum absolute atomic E-state index is 0.0254. The average molecular weight is 417 g/mol. The van der Waals surface area contributed by atoms with Crippen LogP contribution in [0.5, 0.6) is 5.75 Å². The van der Waals surface area contributed by atoms with Crippen molar-refractivity contribution in [3.63, 3.8) is 0 Å². The van der Waals surface area contributed by atoms with E-state index in [0.29, 0.717) is 22.4 Å². The van der Waals surface area contributed by atoms with Crippen molar-refractivity contribution in [2.24, 2.45) is 5.10 Å². The Morgan fingerprint density at radius 2 is 1.58 bits per heavy atom. The molecule has 0 saturated heterocycles. The summed E-state index contributed by atoms with van der Waals surface area (Å²) in [6.07, 6.45) is 1.42. The molecule has 0 fully saturated rings. The van der Waals surface area contributed by atoms with Gasteiger partial charge in [-0.05, 0) is 55.0 Å². The molecule has 0 atom stereocenters. The molecule has 0 saturated carbocycles. The number of amides is 2. The van der Waals surface area contributed by atoms with Gasteiger partial charge in [0.15, 0.2) is 0 Å². The molecular formula is C24H20FN3O3. The Bertz CT molecular complexity index is 1140. The maximum Gasteiger partial charge on any atom is 0.287 e. The second-order valence-corrected chi connectivity index (χ2v) is 6.59. The molecule has 0 radical (unpaired) electrons. The molecule has 31 heavy (non-hydrogen) atoms. The number of carbonyl (C=O) groups is 2. The summed E-state index contributed by atoms with van der Waals surface area (Å²) in [5.74, 6) is -1.55. The van der Waals surface area contributed by atoms with E-state index in [1.165, 1.54) is 36.4 Å². The van der Waals surface area contributed by atoms with E-state index in [1.807, 2.05) is 0 Å². The summed E-state index contributed by atoms with van der Waals surface area (Å²) in [4.78, 5) is 25.3. The van der Waals surface area contributed by atoms with Crippen LogP contribution < -0.4 is 10.7 Å². The number of nitrogens with zero attached hydrogens (tertiary/aromatic N) is 1. The van der Waals surface area contributed by atoms with Crippen LogP contribution in [-0.4, -0.2) is 22.6 Å². The molecule has 3 aromatic rings. The third-order valence-corrected chi connectivity index (χ3v) is 4.33. The molecule has 0 unspecified atom stereocenters. The summed E-state index contributed by atoms with van der Waals surface area (Å²) >= 11 is 0. The standard InChI is InChI=1S/C24H20FN3O3/c1-16(20-9-5-6-10-22(20)29)27-28-24(31)21(15-17-11-13-19(25)14-12-17)26-23(30)18-7-3-2-4-8-18/h2-15,29H,1H3,(H,26,30)(H,28,31)/b21-15+,27-16+. The van der Waals surface area contributed by atoms with Gasteiger partial charge in [0, 0.05) is 11.1 Å². The summed E-state index contributed by atoms with van der Waals surface area (Å²) in [6.45, 7) is 1.63. The van der Waals surface area contributed by atoms with Crippen molar-refractivity contribution in [1.29, 1.82) is 0 Å². The molecule has 0 bridgehead atoms. The van der Waals surface area contributed by atoms with Gasteiger partial charge in [-0.3, -0.25) is 9.59 Å². The van der Waals surface area contributed by atoms with Crippen molar-refractivity contribution < 1.29 is 19.1 Å². The molecule has 0 aromatic heterocycles. The fraction of sp³-hybridized carbons (Fsp3) is 0.0417. The number of hydrogen-bond acceptors (Lipinski definition) is 4. The van der Waals surface area contributed by atoms with Crippen LogP contribution in [0.1, 0.15) is 28.4 Å². The largest absolute Gasteiger partial charge is 0.507 e. The highest BCUT2D eigenvalue weighted by Crippen LogP contribution is 2.16. The quantitative estimate of drug-likeness (QED) is 0.323. The van der Waals surface area contributed by atoms with Gasteiger partial charge in [-0.15, -0.1) is 0 Å². The van der Waals surface area contributed by atoms with Crippen LogP contribution in [0.25, 0.3) is 6.08 Å². The predicted octanol–water partition coefficient (Wildman–Crippen LogP) is 3.84. The number of nitrogens with one attached hydrogen (secondary N) is 2. The zero-order valence-electron chi connectivity index (χ0n) is 16.7. The van der Waals surface area contributed by atoms with Gasteiger partial charge < -0.3 is 10.4 Å². The van der Waals surface area contributed by atoms with Crippen molar-refractivity contribution in [3.05, 3.63) is 107 Å². The first-order chi connectivity index (χ1) is 14.9. The van der Waals surface area contributed by atoms with Gasteiger partial charge in [0.1, 0.15) is 17.3 Å². The molecule has 0 aliphatic rings. The predicted molar refractivity (Wildman–Crippen MR) is 117 cm³/mol. The number of para-hydroxylation sites is 1. The zero-order chi connectivity index (χ0) is 22.2. The third kappa shape index (κ3) is 5.86. The Hall–Kier alpha value is -4.26. The van der Waals surface area contributed by atoms with Gasteiger partial charge in [0.25, 0.3) is 11.8 Å². The Labute approximate surface area is 178 Å². The van der Waals surface area contributed by atoms with Gasteiger partial charge in [-0.25, -0.2) is 9.82 Å². The molecule has 3 N–H and O–H groups in total. The molecule has 156 valence electrons. The van der Waals surface area contributed by atoms with Crippen LogP contribution in [-0.2, 0) is 4.79 Å². The Kier molecular flexibility index (Phi) is 6.90. The van der Waals surface area contributed by atoms with Crippen LogP contribution in [0.3, 0.4) is 0 Å². The highest BCUT2D eigenvalue weighted by atomic mass is 19.1. The van der Waals surface area contributed by atoms with Crippen LogP contribution in [0.4, 0.5) is 4.39 Å². The lowest BCUT2D eigenvalue weighted by Crippen LogP contribution is -2.33. The molecular weight excluding hydrogens is 397 g/mol. The maximum absolute atomic E-state index is 13.2. The Morgan fingerprint density at radius 1 is 0.935 bits per heavy atom. The highest BCUT2D eigenvalue weighted by Gasteiger charge is 2.15. The lowest BCUT2D eigenvalue weighted by atomic mass is 10.1. The van der Waals surface area contributed by atoms with Crippen molar-refractivity contribution in [2.75, 3.05) is 0 Å². The van der Waals surface area contributed by atoms with E-state index in [0.717, 1.165) is 0 Å². The molecule has 7 heteroatoms. The van der Waals surface area contributed by atoms with Gasteiger partial charge in [-0.2, -0.15) is 5.10 Å². The van der Waals surface area contributed by atoms with Crippen molar-refractivity contribution >= 4 is 23.6 Å². The van der Waals surface area contributed by atoms with Crippen LogP contribution in [0.15, 0.2) is 89.7 Å². The summed E-state index contributed by atoms with van der Waals surface area (Å²) in [6, 6.07) is 20.5. The highest BCUT2D eigenvalue weighted by molar-refractivity contribution is 6.06. The first kappa shape index (κ1) is 21.4. The molecule has 0 aliphatic heterocycles. The van der Waals surface area contributed by atoms with Gasteiger partial charge in [0.2, 0.25) is 0 Å². The molecule has 0 aliphatic carbocycles. The van der Waals surface area contributed by atoms with Gasteiger partial charge in [-0.1, -0.05) is 42.5 Å². The number of hydrazone groups is 1. The van der Waals surface area contributed by atoms with Crippen LogP contribution in [0.2, 0.25) is 0 Å². The van der Waals surface area contributed by atoms with Crippen LogP contribution in [0, 0.1) is 5.82 Å². The van der Waals surface area contributed by atoms with Gasteiger partial charge >= 0.3 is 0 Å². The number of halogens is 1. The minimum atomic E-state index is -0.677. The van der Waals surface area contributed by atoms with E-state index in [2.05, 4.69) is 15.8 Å². The summed E-state index contributed by atoms with van der Waals surface area (Å²) in [5.41, 5.74) is 4.02. The summed E-state index contributed by atoms with van der Waals surface area (Å²) < 4.78 is 13.2. The van der Waals surface area contributed by atoms with E-state index in [9.17, 15) is 19.1 Å². The SMILES string of the molecule is C/C(=N\NC(=O)/C(=C\c1ccc(F)cc1)NC(=O)c1ccccc1)c1ccccc1O. The number of benzene rings is 3. The monoisotopic (exact) mass is 417 g/mol. The van der Waals surface area contributed by atoms with E-state index in [-0.39, 0.29) is 11.4 Å². The number of carbonyl (C=O) groups excluding carboxylic acids is 2. The normalized spacial score (nSPS) is 11.7. The molecule has 0 spiro atoms. The maximum atomic E-state index is 13.2. The number of rotatable bonds is 6. The summed E-state index contributed by atoms with van der Waals surface area (Å²) in [7, 11) is 0. The number of phenols is 1. The summed E-state index contributed by atoms with van der Waals surface area (Å²) in [5, 5.41) is 16.5. The molecule has 3 rings (SSSR count). The molecule has 3 aromatic carbocycles. The molecule has 6 nitrogen and oxygen atoms in total. The Morgan fingerprint density at radius 3 is 2.26 bits per heavy atom. The molecule has 0 heterocycles. The van der Waals surface area contributed by atoms with E-state index < -0.39 is 17.6 Å². The topological polar surface area (TPSA) is 90.8 Å². The smallest absolute Gasteiger partial charge is 0.287 e. The van der Waals surface area contributed by atoms with Crippen molar-refractivity contribution in [1.82, 2.24) is 10.7 Å². The minimum Gasteiger partial charge on any atom is -0.507 e. The second kappa shape index (κ2) is 9.98. The zero-order valence-corrected chi connectivity index (χ0v) is 16.7. The second-order valence-electron chi connectivity index (χ2n) is 6.59. The van der Waals surface area contributed by atoms with E-state index >= 15 is 0 Å². The average Bonchev–Trinajstić information content (AvgIpc) is 2.79. The fourth-order valence-corrected chi connectivity index (χ4v) is 2.70. The van der Waals surface area contributed by atoms with Crippen molar-refractivity contribution in [3.8, 4) is 5.75 Å². The first-order valence-electron chi connectivity index (χ1n) is 9.40. The molecule has 2 amide bonds. The first-order valence-corrected chi connectivity index (χ1v) is 9.40. The van der Waals surface area contributed by atoms with Crippen LogP contribution >= 0.6 is 0 Å². The number of hydrogen-bond donors (Lipinski definition) is 3. The number of aromatic hydroxyl groups is 1. The van der Waals surface area contributed by atoms with E-state index in [1.54, 1.807) is 55.5 Å². The third-order valence-electron chi connectivity index (χ3n) is 4.33. The van der Waals surface area contributed by atoms with Gasteiger partial charge in [0.05, 0.1) is 5.71 Å². The lowest BCUT2D eigenvalue weighted by molar-refractivity contribution is -0.117. The fourth-order valence-electron chi connectivity index (χ4n) is 2.70. The van der Waals surface area contributed by atoms with E-state index in [4.69, 9.17) is 0 Å². The Balaban J connectivity index is 1.85. The number of phenolic OH excluding ortho intramolecular Hbond substituents is 1. The lowest BCUT2D eigenvalue weighted by Gasteiger charge is -2.10. The van der Waals surface area contributed by atoms with Crippen molar-refractivity contribution in [2.45, 2.75) is 6.92 Å².